The zero-order valence-corrected chi connectivity index (χ0v) is 19.7. The number of guanidine groups is 1. The van der Waals surface area contributed by atoms with Gasteiger partial charge in [-0.25, -0.2) is 0 Å². The molecule has 0 aromatic rings. The fraction of sp³-hybridized carbons (Fsp3) is 0.947. The molecule has 26 heavy (non-hydrogen) atoms. The molecule has 2 N–H and O–H groups in total. The van der Waals surface area contributed by atoms with Crippen LogP contribution in [-0.4, -0.2) is 74.3 Å². The van der Waals surface area contributed by atoms with Gasteiger partial charge in [-0.05, 0) is 36.9 Å². The van der Waals surface area contributed by atoms with Gasteiger partial charge in [-0.1, -0.05) is 19.8 Å². The number of nitrogens with one attached hydrogen (secondary N) is 2. The Morgan fingerprint density at radius 1 is 1.12 bits per heavy atom. The summed E-state index contributed by atoms with van der Waals surface area (Å²) in [5.74, 6) is 3.46. The molecule has 0 spiro atoms. The summed E-state index contributed by atoms with van der Waals surface area (Å²) >= 11 is 2.09. The summed E-state index contributed by atoms with van der Waals surface area (Å²) in [5.41, 5.74) is 0.755. The Hall–Kier alpha value is 0.270. The Morgan fingerprint density at radius 3 is 2.38 bits per heavy atom. The summed E-state index contributed by atoms with van der Waals surface area (Å²) < 4.78 is 5.57. The lowest BCUT2D eigenvalue weighted by atomic mass is 9.83. The van der Waals surface area contributed by atoms with Crippen LogP contribution < -0.4 is 10.6 Å². The first-order valence-electron chi connectivity index (χ1n) is 10.1. The van der Waals surface area contributed by atoms with E-state index in [9.17, 15) is 0 Å². The van der Waals surface area contributed by atoms with Crippen LogP contribution in [0.15, 0.2) is 4.99 Å². The second kappa shape index (κ2) is 10.7. The van der Waals surface area contributed by atoms with E-state index in [1.807, 2.05) is 7.05 Å². The van der Waals surface area contributed by atoms with E-state index in [-0.39, 0.29) is 29.5 Å². The predicted molar refractivity (Wildman–Crippen MR) is 123 cm³/mol. The second-order valence-corrected chi connectivity index (χ2v) is 9.07. The standard InChI is InChI=1S/C19H36N4OS.HI/c1-3-18(6-4-5-7-18)14-21-17(20-2)22-15-19(8-13-25-16-19)23-9-11-24-12-10-23;/h3-16H2,1-2H3,(H2,20,21,22);1H. The molecule has 1 saturated carbocycles. The van der Waals surface area contributed by atoms with Crippen LogP contribution >= 0.6 is 35.7 Å². The first-order chi connectivity index (χ1) is 12.2. The van der Waals surface area contributed by atoms with Gasteiger partial charge >= 0.3 is 0 Å². The maximum atomic E-state index is 5.57. The molecule has 0 bridgehead atoms. The van der Waals surface area contributed by atoms with Crippen LogP contribution in [0.2, 0.25) is 0 Å². The lowest BCUT2D eigenvalue weighted by Crippen LogP contribution is -2.60. The molecule has 3 aliphatic rings. The SMILES string of the molecule is CCC1(CNC(=NC)NCC2(N3CCOCC3)CCSC2)CCCC1.I. The molecule has 1 aliphatic carbocycles. The van der Waals surface area contributed by atoms with Crippen LogP contribution in [0, 0.1) is 5.41 Å². The summed E-state index contributed by atoms with van der Waals surface area (Å²) in [6.07, 6.45) is 8.04. The monoisotopic (exact) mass is 496 g/mol. The molecule has 0 aromatic carbocycles. The highest BCUT2D eigenvalue weighted by molar-refractivity contribution is 14.0. The minimum Gasteiger partial charge on any atom is -0.379 e. The number of rotatable bonds is 6. The molecular formula is C19H37IN4OS. The second-order valence-electron chi connectivity index (χ2n) is 7.97. The number of aliphatic imine (C=N–C) groups is 1. The summed E-state index contributed by atoms with van der Waals surface area (Å²) in [6, 6.07) is 0. The van der Waals surface area contributed by atoms with Gasteiger partial charge in [0.1, 0.15) is 0 Å². The van der Waals surface area contributed by atoms with Crippen molar-refractivity contribution in [2.45, 2.75) is 51.0 Å². The van der Waals surface area contributed by atoms with E-state index in [0.29, 0.717) is 5.41 Å². The van der Waals surface area contributed by atoms with Crippen LogP contribution in [0.1, 0.15) is 45.4 Å². The largest absolute Gasteiger partial charge is 0.379 e. The van der Waals surface area contributed by atoms with Crippen molar-refractivity contribution in [2.24, 2.45) is 10.4 Å². The van der Waals surface area contributed by atoms with Gasteiger partial charge in [0, 0.05) is 44.5 Å². The molecule has 5 nitrogen and oxygen atoms in total. The topological polar surface area (TPSA) is 48.9 Å². The number of thioether (sulfide) groups is 1. The first-order valence-corrected chi connectivity index (χ1v) is 11.2. The fourth-order valence-electron chi connectivity index (χ4n) is 4.66. The highest BCUT2D eigenvalue weighted by atomic mass is 127. The third-order valence-corrected chi connectivity index (χ3v) is 7.85. The molecule has 7 heteroatoms. The maximum absolute atomic E-state index is 5.57. The van der Waals surface area contributed by atoms with E-state index in [0.717, 1.165) is 45.4 Å². The van der Waals surface area contributed by atoms with Crippen LogP contribution in [0.25, 0.3) is 0 Å². The number of halogens is 1. The molecular weight excluding hydrogens is 459 g/mol. The third-order valence-electron chi connectivity index (χ3n) is 6.62. The van der Waals surface area contributed by atoms with Crippen molar-refractivity contribution in [3.63, 3.8) is 0 Å². The fourth-order valence-corrected chi connectivity index (χ4v) is 6.13. The van der Waals surface area contributed by atoms with Crippen LogP contribution in [0.4, 0.5) is 0 Å². The Labute approximate surface area is 180 Å². The molecule has 3 fully saturated rings. The zero-order chi connectivity index (χ0) is 17.6. The van der Waals surface area contributed by atoms with Crippen molar-refractivity contribution >= 4 is 41.7 Å². The van der Waals surface area contributed by atoms with Crippen LogP contribution in [0.5, 0.6) is 0 Å². The quantitative estimate of drug-likeness (QED) is 0.337. The van der Waals surface area contributed by atoms with Gasteiger partial charge in [0.25, 0.3) is 0 Å². The van der Waals surface area contributed by atoms with Gasteiger partial charge in [-0.15, -0.1) is 24.0 Å². The van der Waals surface area contributed by atoms with Crippen molar-refractivity contribution in [3.05, 3.63) is 0 Å². The van der Waals surface area contributed by atoms with Gasteiger partial charge in [0.05, 0.1) is 13.2 Å². The number of nitrogens with zero attached hydrogens (tertiary/aromatic N) is 2. The average molecular weight is 497 g/mol. The minimum absolute atomic E-state index is 0. The van der Waals surface area contributed by atoms with Gasteiger partial charge in [-0.2, -0.15) is 11.8 Å². The van der Waals surface area contributed by atoms with Crippen molar-refractivity contribution in [2.75, 3.05) is 57.9 Å². The molecule has 2 aliphatic heterocycles. The predicted octanol–water partition coefficient (Wildman–Crippen LogP) is 2.95. The normalized spacial score (nSPS) is 29.4. The molecule has 2 heterocycles. The number of morpholine rings is 1. The number of hydrogen-bond donors (Lipinski definition) is 2. The van der Waals surface area contributed by atoms with Gasteiger partial charge in [0.15, 0.2) is 5.96 Å². The van der Waals surface area contributed by atoms with Gasteiger partial charge in [-0.3, -0.25) is 9.89 Å². The molecule has 0 aromatic heterocycles. The Kier molecular flexibility index (Phi) is 9.30. The molecule has 152 valence electrons. The van der Waals surface area contributed by atoms with E-state index < -0.39 is 0 Å². The van der Waals surface area contributed by atoms with E-state index in [1.54, 1.807) is 0 Å². The summed E-state index contributed by atoms with van der Waals surface area (Å²) in [4.78, 5) is 7.15. The first kappa shape index (κ1) is 22.6. The highest BCUT2D eigenvalue weighted by Gasteiger charge is 2.41. The summed E-state index contributed by atoms with van der Waals surface area (Å²) in [5, 5.41) is 7.29. The number of ether oxygens (including phenoxy) is 1. The Balaban J connectivity index is 0.00000243. The van der Waals surface area contributed by atoms with Crippen LogP contribution in [-0.2, 0) is 4.74 Å². The minimum atomic E-state index is 0. The van der Waals surface area contributed by atoms with E-state index in [1.165, 1.54) is 50.0 Å². The lowest BCUT2D eigenvalue weighted by molar-refractivity contribution is -0.0120. The molecule has 0 amide bonds. The van der Waals surface area contributed by atoms with E-state index in [2.05, 4.69) is 39.2 Å². The van der Waals surface area contributed by atoms with E-state index >= 15 is 0 Å². The zero-order valence-electron chi connectivity index (χ0n) is 16.5. The number of hydrogen-bond acceptors (Lipinski definition) is 4. The maximum Gasteiger partial charge on any atom is 0.191 e. The highest BCUT2D eigenvalue weighted by Crippen LogP contribution is 2.40. The van der Waals surface area contributed by atoms with Gasteiger partial charge in [0.2, 0.25) is 0 Å². The molecule has 1 atom stereocenters. The summed E-state index contributed by atoms with van der Waals surface area (Å²) in [6.45, 7) is 8.25. The van der Waals surface area contributed by atoms with Gasteiger partial charge < -0.3 is 15.4 Å². The molecule has 0 radical (unpaired) electrons. The lowest BCUT2D eigenvalue weighted by Gasteiger charge is -2.43. The smallest absolute Gasteiger partial charge is 0.191 e. The molecule has 1 unspecified atom stereocenters. The molecule has 3 rings (SSSR count). The van der Waals surface area contributed by atoms with Crippen molar-refractivity contribution < 1.29 is 4.74 Å². The Morgan fingerprint density at radius 2 is 1.81 bits per heavy atom. The van der Waals surface area contributed by atoms with Crippen molar-refractivity contribution in [1.82, 2.24) is 15.5 Å². The summed E-state index contributed by atoms with van der Waals surface area (Å²) in [7, 11) is 1.90. The van der Waals surface area contributed by atoms with E-state index in [4.69, 9.17) is 4.74 Å². The van der Waals surface area contributed by atoms with Crippen molar-refractivity contribution in [1.29, 1.82) is 0 Å². The average Bonchev–Trinajstić information content (AvgIpc) is 3.33. The van der Waals surface area contributed by atoms with Crippen molar-refractivity contribution in [3.8, 4) is 0 Å². The molecule has 2 saturated heterocycles. The third kappa shape index (κ3) is 5.41. The van der Waals surface area contributed by atoms with Crippen LogP contribution in [0.3, 0.4) is 0 Å². The Bertz CT molecular complexity index is 445.